The Kier molecular flexibility index (Phi) is 4.67. The van der Waals surface area contributed by atoms with Crippen LogP contribution >= 0.6 is 0 Å². The number of benzene rings is 1. The smallest absolute Gasteiger partial charge is 0.243 e. The summed E-state index contributed by atoms with van der Waals surface area (Å²) in [5.41, 5.74) is 4.55. The van der Waals surface area contributed by atoms with Crippen molar-refractivity contribution < 1.29 is 17.9 Å². The van der Waals surface area contributed by atoms with E-state index in [9.17, 15) is 17.9 Å². The molecule has 108 valence electrons. The zero-order valence-electron chi connectivity index (χ0n) is 11.2. The SMILES string of the molecule is CN(C(C)(C)CO)S(=O)(=O)c1ccc(F)c(CN)c1. The summed E-state index contributed by atoms with van der Waals surface area (Å²) in [6.45, 7) is 2.78. The molecule has 7 heteroatoms. The van der Waals surface area contributed by atoms with Crippen LogP contribution < -0.4 is 5.73 Å². The first-order valence-electron chi connectivity index (χ1n) is 5.75. The molecule has 0 amide bonds. The summed E-state index contributed by atoms with van der Waals surface area (Å²) in [6, 6.07) is 3.48. The molecule has 0 bridgehead atoms. The second-order valence-electron chi connectivity index (χ2n) is 4.90. The van der Waals surface area contributed by atoms with E-state index in [1.807, 2.05) is 0 Å². The predicted octanol–water partition coefficient (Wildman–Crippen LogP) is 0.676. The Morgan fingerprint density at radius 3 is 2.47 bits per heavy atom. The third-order valence-electron chi connectivity index (χ3n) is 3.13. The second-order valence-corrected chi connectivity index (χ2v) is 6.87. The molecule has 1 aromatic rings. The molecule has 0 aliphatic rings. The van der Waals surface area contributed by atoms with Crippen molar-refractivity contribution in [2.24, 2.45) is 5.73 Å². The molecule has 0 fully saturated rings. The maximum absolute atomic E-state index is 13.3. The average Bonchev–Trinajstić information content (AvgIpc) is 2.38. The number of hydrogen-bond acceptors (Lipinski definition) is 4. The summed E-state index contributed by atoms with van der Waals surface area (Å²) in [5, 5.41) is 9.23. The summed E-state index contributed by atoms with van der Waals surface area (Å²) >= 11 is 0. The van der Waals surface area contributed by atoms with Crippen LogP contribution in [0.15, 0.2) is 23.1 Å². The van der Waals surface area contributed by atoms with Crippen molar-refractivity contribution in [3.05, 3.63) is 29.6 Å². The zero-order chi connectivity index (χ0) is 14.8. The minimum atomic E-state index is -3.81. The number of sulfonamides is 1. The average molecular weight is 290 g/mol. The molecule has 0 aliphatic carbocycles. The topological polar surface area (TPSA) is 83.6 Å². The highest BCUT2D eigenvalue weighted by Gasteiger charge is 2.33. The van der Waals surface area contributed by atoms with Crippen molar-refractivity contribution in [2.45, 2.75) is 30.8 Å². The molecule has 5 nitrogen and oxygen atoms in total. The summed E-state index contributed by atoms with van der Waals surface area (Å²) in [5.74, 6) is -0.537. The van der Waals surface area contributed by atoms with Crippen LogP contribution in [0.3, 0.4) is 0 Å². The van der Waals surface area contributed by atoms with Gasteiger partial charge in [0.15, 0.2) is 0 Å². The van der Waals surface area contributed by atoms with Crippen LogP contribution in [0.2, 0.25) is 0 Å². The molecule has 0 saturated carbocycles. The lowest BCUT2D eigenvalue weighted by atomic mass is 10.1. The highest BCUT2D eigenvalue weighted by molar-refractivity contribution is 7.89. The summed E-state index contributed by atoms with van der Waals surface area (Å²) in [6.07, 6.45) is 0. The van der Waals surface area contributed by atoms with Crippen molar-refractivity contribution >= 4 is 10.0 Å². The van der Waals surface area contributed by atoms with Gasteiger partial charge in [-0.15, -0.1) is 0 Å². The highest BCUT2D eigenvalue weighted by Crippen LogP contribution is 2.24. The fourth-order valence-electron chi connectivity index (χ4n) is 1.45. The number of rotatable bonds is 5. The quantitative estimate of drug-likeness (QED) is 0.835. The Labute approximate surface area is 112 Å². The molecule has 0 unspecified atom stereocenters. The maximum Gasteiger partial charge on any atom is 0.243 e. The number of likely N-dealkylation sites (N-methyl/N-ethyl adjacent to an activating group) is 1. The van der Waals surface area contributed by atoms with Gasteiger partial charge in [-0.05, 0) is 32.0 Å². The summed E-state index contributed by atoms with van der Waals surface area (Å²) in [4.78, 5) is -0.0432. The summed E-state index contributed by atoms with van der Waals surface area (Å²) < 4.78 is 39.1. The third kappa shape index (κ3) is 3.11. The van der Waals surface area contributed by atoms with Gasteiger partial charge in [0, 0.05) is 19.2 Å². The first-order chi connectivity index (χ1) is 8.66. The standard InChI is InChI=1S/C12H19FN2O3S/c1-12(2,8-16)15(3)19(17,18)10-4-5-11(13)9(6-10)7-14/h4-6,16H,7-8,14H2,1-3H3. The van der Waals surface area contributed by atoms with E-state index >= 15 is 0 Å². The van der Waals surface area contributed by atoms with Gasteiger partial charge in [-0.2, -0.15) is 4.31 Å². The zero-order valence-corrected chi connectivity index (χ0v) is 12.0. The minimum Gasteiger partial charge on any atom is -0.394 e. The molecule has 0 aliphatic heterocycles. The number of aliphatic hydroxyl groups is 1. The van der Waals surface area contributed by atoms with E-state index in [-0.39, 0.29) is 23.6 Å². The Hall–Kier alpha value is -1.02. The molecule has 1 aromatic carbocycles. The van der Waals surface area contributed by atoms with Crippen molar-refractivity contribution in [3.8, 4) is 0 Å². The maximum atomic E-state index is 13.3. The molecule has 19 heavy (non-hydrogen) atoms. The normalized spacial score (nSPS) is 13.0. The number of nitrogens with two attached hydrogens (primary N) is 1. The minimum absolute atomic E-state index is 0.0432. The lowest BCUT2D eigenvalue weighted by Gasteiger charge is -2.32. The van der Waals surface area contributed by atoms with Crippen LogP contribution in [-0.4, -0.2) is 37.0 Å². The first-order valence-corrected chi connectivity index (χ1v) is 7.19. The predicted molar refractivity (Wildman–Crippen MR) is 70.4 cm³/mol. The third-order valence-corrected chi connectivity index (χ3v) is 5.20. The number of hydrogen-bond donors (Lipinski definition) is 2. The van der Waals surface area contributed by atoms with E-state index in [1.54, 1.807) is 13.8 Å². The second kappa shape index (κ2) is 5.54. The van der Waals surface area contributed by atoms with E-state index in [1.165, 1.54) is 19.2 Å². The van der Waals surface area contributed by atoms with Crippen LogP contribution in [0.4, 0.5) is 4.39 Å². The largest absolute Gasteiger partial charge is 0.394 e. The van der Waals surface area contributed by atoms with Gasteiger partial charge in [0.25, 0.3) is 0 Å². The van der Waals surface area contributed by atoms with Gasteiger partial charge < -0.3 is 10.8 Å². The van der Waals surface area contributed by atoms with Crippen molar-refractivity contribution in [1.29, 1.82) is 0 Å². The van der Waals surface area contributed by atoms with Crippen LogP contribution in [0.5, 0.6) is 0 Å². The van der Waals surface area contributed by atoms with Crippen LogP contribution in [0.1, 0.15) is 19.4 Å². The molecule has 0 spiro atoms. The molecule has 0 saturated heterocycles. The van der Waals surface area contributed by atoms with E-state index in [4.69, 9.17) is 5.73 Å². The van der Waals surface area contributed by atoms with Crippen LogP contribution in [0.25, 0.3) is 0 Å². The number of halogens is 1. The van der Waals surface area contributed by atoms with E-state index in [0.717, 1.165) is 10.4 Å². The van der Waals surface area contributed by atoms with E-state index in [2.05, 4.69) is 0 Å². The van der Waals surface area contributed by atoms with Gasteiger partial charge in [-0.3, -0.25) is 0 Å². The molecule has 0 aromatic heterocycles. The van der Waals surface area contributed by atoms with E-state index < -0.39 is 21.4 Å². The monoisotopic (exact) mass is 290 g/mol. The fraction of sp³-hybridized carbons (Fsp3) is 0.500. The Bertz CT molecular complexity index is 558. The molecule has 0 radical (unpaired) electrons. The molecule has 1 rings (SSSR count). The van der Waals surface area contributed by atoms with E-state index in [0.29, 0.717) is 0 Å². The highest BCUT2D eigenvalue weighted by atomic mass is 32.2. The van der Waals surface area contributed by atoms with Crippen LogP contribution in [0, 0.1) is 5.82 Å². The molecular weight excluding hydrogens is 271 g/mol. The van der Waals surface area contributed by atoms with Gasteiger partial charge >= 0.3 is 0 Å². The van der Waals surface area contributed by atoms with Gasteiger partial charge in [0.1, 0.15) is 5.82 Å². The van der Waals surface area contributed by atoms with Crippen molar-refractivity contribution in [1.82, 2.24) is 4.31 Å². The van der Waals surface area contributed by atoms with Gasteiger partial charge in [-0.25, -0.2) is 12.8 Å². The molecule has 0 heterocycles. The lowest BCUT2D eigenvalue weighted by Crippen LogP contribution is -2.47. The molecule has 3 N–H and O–H groups in total. The first kappa shape index (κ1) is 16.0. The fourth-order valence-corrected chi connectivity index (χ4v) is 3.01. The molecule has 0 atom stereocenters. The number of aliphatic hydroxyl groups excluding tert-OH is 1. The number of nitrogens with zero attached hydrogens (tertiary/aromatic N) is 1. The van der Waals surface area contributed by atoms with Crippen molar-refractivity contribution in [3.63, 3.8) is 0 Å². The van der Waals surface area contributed by atoms with Gasteiger partial charge in [0.2, 0.25) is 10.0 Å². The van der Waals surface area contributed by atoms with Gasteiger partial charge in [0.05, 0.1) is 17.0 Å². The van der Waals surface area contributed by atoms with Crippen molar-refractivity contribution in [2.75, 3.05) is 13.7 Å². The Morgan fingerprint density at radius 2 is 2.00 bits per heavy atom. The Morgan fingerprint density at radius 1 is 1.42 bits per heavy atom. The molecular formula is C12H19FN2O3S. The summed E-state index contributed by atoms with van der Waals surface area (Å²) in [7, 11) is -2.43. The lowest BCUT2D eigenvalue weighted by molar-refractivity contribution is 0.138. The van der Waals surface area contributed by atoms with Crippen LogP contribution in [-0.2, 0) is 16.6 Å². The van der Waals surface area contributed by atoms with Gasteiger partial charge in [-0.1, -0.05) is 0 Å². The Balaban J connectivity index is 3.28.